The molecule has 0 radical (unpaired) electrons. The van der Waals surface area contributed by atoms with Crippen molar-refractivity contribution >= 4 is 28.0 Å². The Bertz CT molecular complexity index is 1370. The third kappa shape index (κ3) is 4.54. The molecule has 2 aliphatic heterocycles. The zero-order valence-corrected chi connectivity index (χ0v) is 21.0. The molecule has 1 saturated heterocycles. The molecule has 3 aromatic heterocycles. The van der Waals surface area contributed by atoms with Gasteiger partial charge in [0.1, 0.15) is 4.83 Å². The number of aromatic nitrogens is 3. The molecule has 1 aliphatic carbocycles. The van der Waals surface area contributed by atoms with Crippen molar-refractivity contribution in [3.63, 3.8) is 0 Å². The van der Waals surface area contributed by atoms with Crippen LogP contribution in [0.2, 0.25) is 0 Å². The number of carbonyl (C=O) groups is 2. The Kier molecular flexibility index (Phi) is 5.85. The molecule has 0 bridgehead atoms. The Morgan fingerprint density at radius 1 is 1.25 bits per heavy atom. The number of nitrogens with one attached hydrogen (secondary N) is 3. The molecular formula is C26H29N7O2S. The van der Waals surface area contributed by atoms with E-state index in [0.717, 1.165) is 35.0 Å². The van der Waals surface area contributed by atoms with Crippen LogP contribution in [0.1, 0.15) is 36.5 Å². The van der Waals surface area contributed by atoms with Crippen molar-refractivity contribution < 1.29 is 9.59 Å². The minimum Gasteiger partial charge on any atom is -0.382 e. The summed E-state index contributed by atoms with van der Waals surface area (Å²) in [6.07, 6.45) is 12.6. The van der Waals surface area contributed by atoms with E-state index in [-0.39, 0.29) is 17.9 Å². The summed E-state index contributed by atoms with van der Waals surface area (Å²) in [5.41, 5.74) is 3.05. The second-order valence-corrected chi connectivity index (χ2v) is 11.0. The minimum absolute atomic E-state index is 0.136. The van der Waals surface area contributed by atoms with Crippen molar-refractivity contribution in [3.05, 3.63) is 65.9 Å². The lowest BCUT2D eigenvalue weighted by molar-refractivity contribution is -0.117. The van der Waals surface area contributed by atoms with Crippen LogP contribution in [-0.2, 0) is 4.79 Å². The first-order chi connectivity index (χ1) is 17.5. The van der Waals surface area contributed by atoms with Gasteiger partial charge in [0.15, 0.2) is 0 Å². The van der Waals surface area contributed by atoms with E-state index in [1.807, 2.05) is 31.3 Å². The SMILES string of the molecule is CC1NC=C(C(=O)NCCN2CCC3(CC3)C2)C=C1NC(=O)c1cnn2cc(-c3ccccn3)sc12. The molecule has 186 valence electrons. The van der Waals surface area contributed by atoms with Crippen molar-refractivity contribution in [3.8, 4) is 10.6 Å². The van der Waals surface area contributed by atoms with Crippen LogP contribution in [0.3, 0.4) is 0 Å². The molecule has 1 unspecified atom stereocenters. The highest BCUT2D eigenvalue weighted by atomic mass is 32.1. The third-order valence-corrected chi connectivity index (χ3v) is 8.47. The largest absolute Gasteiger partial charge is 0.382 e. The molecule has 2 amide bonds. The van der Waals surface area contributed by atoms with E-state index in [1.54, 1.807) is 29.2 Å². The van der Waals surface area contributed by atoms with E-state index in [1.165, 1.54) is 30.6 Å². The smallest absolute Gasteiger partial charge is 0.260 e. The van der Waals surface area contributed by atoms with Crippen molar-refractivity contribution in [2.45, 2.75) is 32.2 Å². The Morgan fingerprint density at radius 3 is 2.92 bits per heavy atom. The lowest BCUT2D eigenvalue weighted by Gasteiger charge is -2.23. The monoisotopic (exact) mass is 503 g/mol. The maximum absolute atomic E-state index is 13.2. The number of fused-ring (bicyclic) bond motifs is 1. The number of thiazole rings is 1. The van der Waals surface area contributed by atoms with Gasteiger partial charge in [0.2, 0.25) is 0 Å². The highest BCUT2D eigenvalue weighted by Gasteiger charge is 2.47. The molecule has 3 aliphatic rings. The third-order valence-electron chi connectivity index (χ3n) is 7.33. The first-order valence-electron chi connectivity index (χ1n) is 12.4. The molecule has 9 nitrogen and oxygen atoms in total. The molecule has 1 spiro atoms. The first kappa shape index (κ1) is 22.9. The summed E-state index contributed by atoms with van der Waals surface area (Å²) in [7, 11) is 0. The average molecular weight is 504 g/mol. The maximum Gasteiger partial charge on any atom is 0.260 e. The van der Waals surface area contributed by atoms with Gasteiger partial charge in [-0.25, -0.2) is 4.52 Å². The number of rotatable bonds is 7. The summed E-state index contributed by atoms with van der Waals surface area (Å²) in [4.78, 5) is 34.4. The fraction of sp³-hybridized carbons (Fsp3) is 0.385. The van der Waals surface area contributed by atoms with Crippen molar-refractivity contribution in [1.82, 2.24) is 35.4 Å². The molecular weight excluding hydrogens is 474 g/mol. The van der Waals surface area contributed by atoms with Gasteiger partial charge in [0.25, 0.3) is 11.8 Å². The van der Waals surface area contributed by atoms with Crippen LogP contribution in [-0.4, -0.2) is 63.5 Å². The number of pyridine rings is 1. The Balaban J connectivity index is 1.10. The second kappa shape index (κ2) is 9.18. The molecule has 2 fully saturated rings. The fourth-order valence-corrected chi connectivity index (χ4v) is 5.95. The summed E-state index contributed by atoms with van der Waals surface area (Å²) in [5, 5.41) is 13.5. The van der Waals surface area contributed by atoms with Gasteiger partial charge in [0, 0.05) is 43.9 Å². The number of hydrogen-bond donors (Lipinski definition) is 3. The van der Waals surface area contributed by atoms with Gasteiger partial charge in [-0.3, -0.25) is 14.6 Å². The number of nitrogens with zero attached hydrogens (tertiary/aromatic N) is 4. The molecule has 10 heteroatoms. The van der Waals surface area contributed by atoms with Gasteiger partial charge in [-0.1, -0.05) is 6.07 Å². The molecule has 3 aromatic rings. The van der Waals surface area contributed by atoms with Crippen LogP contribution in [0.4, 0.5) is 0 Å². The van der Waals surface area contributed by atoms with Crippen molar-refractivity contribution in [2.24, 2.45) is 5.41 Å². The molecule has 5 heterocycles. The number of amides is 2. The normalized spacial score (nSPS) is 20.6. The van der Waals surface area contributed by atoms with Crippen LogP contribution >= 0.6 is 11.3 Å². The molecule has 1 atom stereocenters. The molecule has 3 N–H and O–H groups in total. The lowest BCUT2D eigenvalue weighted by Crippen LogP contribution is -2.39. The second-order valence-electron chi connectivity index (χ2n) is 9.94. The molecule has 0 aromatic carbocycles. The van der Waals surface area contributed by atoms with E-state index in [4.69, 9.17) is 0 Å². The Labute approximate surface area is 213 Å². The van der Waals surface area contributed by atoms with Gasteiger partial charge < -0.3 is 20.9 Å². The summed E-state index contributed by atoms with van der Waals surface area (Å²) in [6, 6.07) is 5.59. The molecule has 6 rings (SSSR count). The Hall–Kier alpha value is -3.50. The van der Waals surface area contributed by atoms with Gasteiger partial charge in [0.05, 0.1) is 33.9 Å². The number of hydrogen-bond acceptors (Lipinski definition) is 7. The maximum atomic E-state index is 13.2. The first-order valence-corrected chi connectivity index (χ1v) is 13.2. The van der Waals surface area contributed by atoms with E-state index < -0.39 is 0 Å². The number of dihydropyridines is 1. The zero-order chi connectivity index (χ0) is 24.7. The number of likely N-dealkylation sites (tertiary alicyclic amines) is 1. The van der Waals surface area contributed by atoms with Crippen molar-refractivity contribution in [2.75, 3.05) is 26.2 Å². The predicted octanol–water partition coefficient (Wildman–Crippen LogP) is 2.55. The van der Waals surface area contributed by atoms with E-state index in [2.05, 4.69) is 30.9 Å². The number of carbonyl (C=O) groups excluding carboxylic acids is 2. The minimum atomic E-state index is -0.260. The van der Waals surface area contributed by atoms with Crippen LogP contribution < -0.4 is 16.0 Å². The fourth-order valence-electron chi connectivity index (χ4n) is 4.91. The summed E-state index contributed by atoms with van der Waals surface area (Å²) >= 11 is 1.47. The van der Waals surface area contributed by atoms with E-state index in [9.17, 15) is 9.59 Å². The Morgan fingerprint density at radius 2 is 2.14 bits per heavy atom. The summed E-state index contributed by atoms with van der Waals surface area (Å²) in [6.45, 7) is 5.72. The van der Waals surface area contributed by atoms with Crippen LogP contribution in [0.25, 0.3) is 15.4 Å². The van der Waals surface area contributed by atoms with Crippen LogP contribution in [0.5, 0.6) is 0 Å². The van der Waals surface area contributed by atoms with Gasteiger partial charge in [-0.15, -0.1) is 11.3 Å². The van der Waals surface area contributed by atoms with Gasteiger partial charge >= 0.3 is 0 Å². The van der Waals surface area contributed by atoms with Gasteiger partial charge in [-0.05, 0) is 56.4 Å². The van der Waals surface area contributed by atoms with Gasteiger partial charge in [-0.2, -0.15) is 5.10 Å². The van der Waals surface area contributed by atoms with Crippen LogP contribution in [0.15, 0.2) is 60.3 Å². The van der Waals surface area contributed by atoms with E-state index >= 15 is 0 Å². The summed E-state index contributed by atoms with van der Waals surface area (Å²) < 4.78 is 1.70. The summed E-state index contributed by atoms with van der Waals surface area (Å²) in [5.74, 6) is -0.406. The topological polar surface area (TPSA) is 104 Å². The quantitative estimate of drug-likeness (QED) is 0.458. The lowest BCUT2D eigenvalue weighted by atomic mass is 10.1. The highest BCUT2D eigenvalue weighted by Crippen LogP contribution is 2.52. The van der Waals surface area contributed by atoms with Crippen LogP contribution in [0, 0.1) is 5.41 Å². The van der Waals surface area contributed by atoms with E-state index in [0.29, 0.717) is 28.8 Å². The zero-order valence-electron chi connectivity index (χ0n) is 20.2. The molecule has 36 heavy (non-hydrogen) atoms. The highest BCUT2D eigenvalue weighted by molar-refractivity contribution is 7.21. The predicted molar refractivity (Wildman–Crippen MR) is 138 cm³/mol. The standard InChI is InChI=1S/C26H29N7O2S/c1-17-21(12-18(13-29-17)23(34)28-9-11-32-10-7-26(16-32)5-6-26)31-24(35)19-14-30-33-15-22(36-25(19)33)20-4-2-3-8-27-20/h2-4,8,12-15,17,29H,5-7,9-11,16H2,1H3,(H,28,34)(H,31,35). The molecule has 1 saturated carbocycles. The average Bonchev–Trinajstić information content (AvgIpc) is 3.18. The van der Waals surface area contributed by atoms with Crippen molar-refractivity contribution in [1.29, 1.82) is 0 Å².